The highest BCUT2D eigenvalue weighted by molar-refractivity contribution is 6.32. The number of ether oxygens (including phenoxy) is 1. The van der Waals surface area contributed by atoms with E-state index in [1.165, 1.54) is 7.11 Å². The van der Waals surface area contributed by atoms with Crippen molar-refractivity contribution in [1.82, 2.24) is 0 Å². The van der Waals surface area contributed by atoms with Crippen molar-refractivity contribution in [3.8, 4) is 5.75 Å². The highest BCUT2D eigenvalue weighted by Gasteiger charge is 2.34. The van der Waals surface area contributed by atoms with Crippen LogP contribution in [0.4, 0.5) is 13.2 Å². The van der Waals surface area contributed by atoms with E-state index < -0.39 is 11.7 Å². The molecule has 1 rings (SSSR count). The molecule has 1 aromatic carbocycles. The Hall–Kier alpha value is -0.610. The molecule has 84 valence electrons. The Morgan fingerprint density at radius 3 is 2.33 bits per heavy atom. The van der Waals surface area contributed by atoms with Crippen LogP contribution in [0.3, 0.4) is 0 Å². The summed E-state index contributed by atoms with van der Waals surface area (Å²) < 4.78 is 42.4. The number of hydrogen-bond donors (Lipinski definition) is 0. The van der Waals surface area contributed by atoms with Crippen molar-refractivity contribution in [2.24, 2.45) is 0 Å². The van der Waals surface area contributed by atoms with E-state index in [-0.39, 0.29) is 22.2 Å². The third kappa shape index (κ3) is 2.49. The van der Waals surface area contributed by atoms with E-state index in [4.69, 9.17) is 27.9 Å². The lowest BCUT2D eigenvalue weighted by atomic mass is 10.1. The molecular formula is C9H7Cl2F3O. The SMILES string of the molecule is COc1c(Cl)ccc(C(F)(F)F)c1CCl. The van der Waals surface area contributed by atoms with E-state index in [1.54, 1.807) is 0 Å². The predicted molar refractivity (Wildman–Crippen MR) is 52.6 cm³/mol. The summed E-state index contributed by atoms with van der Waals surface area (Å²) in [6.07, 6.45) is -4.46. The van der Waals surface area contributed by atoms with Crippen LogP contribution in [-0.2, 0) is 12.1 Å². The summed E-state index contributed by atoms with van der Waals surface area (Å²) in [5.41, 5.74) is -0.960. The zero-order valence-electron chi connectivity index (χ0n) is 7.66. The quantitative estimate of drug-likeness (QED) is 0.726. The van der Waals surface area contributed by atoms with E-state index in [2.05, 4.69) is 0 Å². The molecule has 0 radical (unpaired) electrons. The zero-order chi connectivity index (χ0) is 11.6. The summed E-state index contributed by atoms with van der Waals surface area (Å²) >= 11 is 11.1. The molecule has 0 aliphatic heterocycles. The Morgan fingerprint density at radius 1 is 1.33 bits per heavy atom. The highest BCUT2D eigenvalue weighted by Crippen LogP contribution is 2.40. The van der Waals surface area contributed by atoms with Gasteiger partial charge in [-0.1, -0.05) is 11.6 Å². The molecule has 0 saturated heterocycles. The van der Waals surface area contributed by atoms with Crippen LogP contribution in [0.2, 0.25) is 5.02 Å². The van der Waals surface area contributed by atoms with Gasteiger partial charge in [0.1, 0.15) is 5.75 Å². The van der Waals surface area contributed by atoms with E-state index in [0.29, 0.717) is 0 Å². The third-order valence-electron chi connectivity index (χ3n) is 1.86. The van der Waals surface area contributed by atoms with Crippen molar-refractivity contribution < 1.29 is 17.9 Å². The van der Waals surface area contributed by atoms with Crippen LogP contribution in [0.25, 0.3) is 0 Å². The molecule has 6 heteroatoms. The average Bonchev–Trinajstić information content (AvgIpc) is 2.15. The number of hydrogen-bond acceptors (Lipinski definition) is 1. The fourth-order valence-corrected chi connectivity index (χ4v) is 1.74. The Labute approximate surface area is 94.7 Å². The van der Waals surface area contributed by atoms with Gasteiger partial charge in [-0.05, 0) is 12.1 Å². The number of rotatable bonds is 2. The van der Waals surface area contributed by atoms with Gasteiger partial charge in [0.05, 0.1) is 23.6 Å². The van der Waals surface area contributed by atoms with Crippen molar-refractivity contribution in [2.75, 3.05) is 7.11 Å². The summed E-state index contributed by atoms with van der Waals surface area (Å²) in [6.45, 7) is 0. The van der Waals surface area contributed by atoms with Gasteiger partial charge in [-0.25, -0.2) is 0 Å². The molecule has 15 heavy (non-hydrogen) atoms. The van der Waals surface area contributed by atoms with E-state index >= 15 is 0 Å². The normalized spacial score (nSPS) is 11.6. The van der Waals surface area contributed by atoms with Crippen molar-refractivity contribution in [2.45, 2.75) is 12.1 Å². The Morgan fingerprint density at radius 2 is 1.93 bits per heavy atom. The Bertz CT molecular complexity index is 363. The van der Waals surface area contributed by atoms with E-state index in [9.17, 15) is 13.2 Å². The topological polar surface area (TPSA) is 9.23 Å². The first-order valence-electron chi connectivity index (χ1n) is 3.90. The smallest absolute Gasteiger partial charge is 0.416 e. The monoisotopic (exact) mass is 258 g/mol. The van der Waals surface area contributed by atoms with Crippen molar-refractivity contribution in [1.29, 1.82) is 0 Å². The van der Waals surface area contributed by atoms with E-state index in [0.717, 1.165) is 12.1 Å². The first kappa shape index (κ1) is 12.5. The molecule has 0 bridgehead atoms. The van der Waals surface area contributed by atoms with Crippen LogP contribution >= 0.6 is 23.2 Å². The fourth-order valence-electron chi connectivity index (χ4n) is 1.22. The van der Waals surface area contributed by atoms with Gasteiger partial charge in [-0.15, -0.1) is 11.6 Å². The first-order chi connectivity index (χ1) is 6.91. The van der Waals surface area contributed by atoms with Crippen molar-refractivity contribution >= 4 is 23.2 Å². The second-order valence-electron chi connectivity index (χ2n) is 2.74. The molecule has 0 N–H and O–H groups in total. The molecule has 0 spiro atoms. The molecule has 0 atom stereocenters. The number of halogens is 5. The fraction of sp³-hybridized carbons (Fsp3) is 0.333. The molecule has 0 amide bonds. The van der Waals surface area contributed by atoms with Crippen molar-refractivity contribution in [3.05, 3.63) is 28.3 Å². The minimum absolute atomic E-state index is 0.0264. The zero-order valence-corrected chi connectivity index (χ0v) is 9.17. The highest BCUT2D eigenvalue weighted by atomic mass is 35.5. The van der Waals surface area contributed by atoms with Gasteiger partial charge in [0, 0.05) is 5.56 Å². The van der Waals surface area contributed by atoms with Crippen LogP contribution in [0.15, 0.2) is 12.1 Å². The van der Waals surface area contributed by atoms with Gasteiger partial charge in [0.25, 0.3) is 0 Å². The largest absolute Gasteiger partial charge is 0.495 e. The molecule has 0 aliphatic rings. The van der Waals surface area contributed by atoms with Crippen LogP contribution in [0.5, 0.6) is 5.75 Å². The third-order valence-corrected chi connectivity index (χ3v) is 2.42. The van der Waals surface area contributed by atoms with Crippen molar-refractivity contribution in [3.63, 3.8) is 0 Å². The molecular weight excluding hydrogens is 252 g/mol. The van der Waals surface area contributed by atoms with Crippen LogP contribution < -0.4 is 4.74 Å². The molecule has 1 nitrogen and oxygen atoms in total. The lowest BCUT2D eigenvalue weighted by Crippen LogP contribution is -2.09. The van der Waals surface area contributed by atoms with Crippen LogP contribution in [0.1, 0.15) is 11.1 Å². The maximum Gasteiger partial charge on any atom is 0.416 e. The molecule has 0 saturated carbocycles. The molecule has 0 heterocycles. The molecule has 0 aliphatic carbocycles. The van der Waals surface area contributed by atoms with Crippen LogP contribution in [0, 0.1) is 0 Å². The number of alkyl halides is 4. The molecule has 0 aromatic heterocycles. The minimum Gasteiger partial charge on any atom is -0.495 e. The maximum atomic E-state index is 12.5. The standard InChI is InChI=1S/C9H7Cl2F3O/c1-15-8-5(4-10)6(9(12,13)14)2-3-7(8)11/h2-3H,4H2,1H3. The Kier molecular flexibility index (Phi) is 3.73. The molecule has 0 fully saturated rings. The summed E-state index contributed by atoms with van der Waals surface area (Å²) in [7, 11) is 1.25. The van der Waals surface area contributed by atoms with Gasteiger partial charge in [0.2, 0.25) is 0 Å². The first-order valence-corrected chi connectivity index (χ1v) is 4.81. The van der Waals surface area contributed by atoms with Gasteiger partial charge >= 0.3 is 6.18 Å². The predicted octanol–water partition coefficient (Wildman–Crippen LogP) is 4.11. The average molecular weight is 259 g/mol. The Balaban J connectivity index is 3.42. The summed E-state index contributed by atoms with van der Waals surface area (Å²) in [6, 6.07) is 2.03. The lowest BCUT2D eigenvalue weighted by molar-refractivity contribution is -0.138. The van der Waals surface area contributed by atoms with Gasteiger partial charge in [-0.2, -0.15) is 13.2 Å². The minimum atomic E-state index is -4.46. The summed E-state index contributed by atoms with van der Waals surface area (Å²) in [4.78, 5) is 0. The number of benzene rings is 1. The number of methoxy groups -OCH3 is 1. The van der Waals surface area contributed by atoms with Gasteiger partial charge < -0.3 is 4.74 Å². The van der Waals surface area contributed by atoms with Gasteiger partial charge in [-0.3, -0.25) is 0 Å². The second kappa shape index (κ2) is 4.49. The lowest BCUT2D eigenvalue weighted by Gasteiger charge is -2.15. The molecule has 1 aromatic rings. The van der Waals surface area contributed by atoms with Gasteiger partial charge in [0.15, 0.2) is 0 Å². The van der Waals surface area contributed by atoms with Crippen LogP contribution in [-0.4, -0.2) is 7.11 Å². The van der Waals surface area contributed by atoms with E-state index in [1.807, 2.05) is 0 Å². The second-order valence-corrected chi connectivity index (χ2v) is 3.41. The molecule has 0 unspecified atom stereocenters. The maximum absolute atomic E-state index is 12.5. The summed E-state index contributed by atoms with van der Waals surface area (Å²) in [5, 5.41) is 0.112. The summed E-state index contributed by atoms with van der Waals surface area (Å²) in [5.74, 6) is -0.333.